The van der Waals surface area contributed by atoms with E-state index < -0.39 is 29.0 Å². The molecule has 1 saturated heterocycles. The third kappa shape index (κ3) is 6.11. The Morgan fingerprint density at radius 3 is 2.42 bits per heavy atom. The molecule has 208 valence electrons. The summed E-state index contributed by atoms with van der Waals surface area (Å²) in [5.41, 5.74) is -0.816. The van der Waals surface area contributed by atoms with Gasteiger partial charge in [0.15, 0.2) is 0 Å². The molecule has 1 amide bonds. The summed E-state index contributed by atoms with van der Waals surface area (Å²) in [4.78, 5) is 20.2. The van der Waals surface area contributed by atoms with E-state index in [-0.39, 0.29) is 24.2 Å². The van der Waals surface area contributed by atoms with Crippen molar-refractivity contribution >= 4 is 28.9 Å². The molecule has 40 heavy (non-hydrogen) atoms. The van der Waals surface area contributed by atoms with Gasteiger partial charge in [-0.15, -0.1) is 0 Å². The molecule has 8 nitrogen and oxygen atoms in total. The highest BCUT2D eigenvalue weighted by Gasteiger charge is 2.36. The number of piperazine rings is 1. The molecule has 0 saturated carbocycles. The summed E-state index contributed by atoms with van der Waals surface area (Å²) in [6.07, 6.45) is 2.72. The van der Waals surface area contributed by atoms with Crippen molar-refractivity contribution in [3.8, 4) is 0 Å². The van der Waals surface area contributed by atoms with Crippen LogP contribution in [0.1, 0.15) is 15.9 Å². The second-order valence-corrected chi connectivity index (χ2v) is 10.0. The van der Waals surface area contributed by atoms with Crippen LogP contribution < -0.4 is 10.2 Å². The van der Waals surface area contributed by atoms with Crippen LogP contribution in [0.15, 0.2) is 73.3 Å². The van der Waals surface area contributed by atoms with E-state index in [2.05, 4.69) is 15.4 Å². The number of anilines is 2. The molecule has 2 heterocycles. The summed E-state index contributed by atoms with van der Waals surface area (Å²) in [5.74, 6) is -2.54. The fraction of sp³-hybridized carbons (Fsp3) is 0.250. The van der Waals surface area contributed by atoms with Crippen molar-refractivity contribution in [2.24, 2.45) is 0 Å². The molecule has 1 aliphatic heterocycles. The lowest BCUT2D eigenvalue weighted by Crippen LogP contribution is -2.52. The van der Waals surface area contributed by atoms with E-state index in [0.717, 1.165) is 12.1 Å². The van der Waals surface area contributed by atoms with Gasteiger partial charge >= 0.3 is 0 Å². The Morgan fingerprint density at radius 2 is 1.75 bits per heavy atom. The summed E-state index contributed by atoms with van der Waals surface area (Å²) in [5, 5.41) is 18.6. The first-order valence-corrected chi connectivity index (χ1v) is 12.9. The van der Waals surface area contributed by atoms with E-state index in [1.54, 1.807) is 36.4 Å². The molecule has 1 aliphatic rings. The van der Waals surface area contributed by atoms with Crippen LogP contribution in [-0.2, 0) is 12.1 Å². The molecule has 5 rings (SSSR count). The van der Waals surface area contributed by atoms with E-state index in [4.69, 9.17) is 11.6 Å². The number of carbonyl (C=O) groups is 1. The molecule has 0 bridgehead atoms. The van der Waals surface area contributed by atoms with Gasteiger partial charge in [-0.05, 0) is 36.4 Å². The van der Waals surface area contributed by atoms with Crippen LogP contribution in [0.25, 0.3) is 0 Å². The molecule has 3 aromatic carbocycles. The Hall–Kier alpha value is -3.93. The standard InChI is InChI=1S/C28H26ClF3N6O2/c29-23-4-2-1-3-21(23)27(39)35-20-6-8-26(25(32)14-20)37-11-9-36(10-12-37)15-28(40,16-38-18-33-17-34-38)22-7-5-19(30)13-24(22)31/h1-8,13-14,17-18,40H,9-12,15-16H2,(H,35,39). The normalized spacial score (nSPS) is 15.6. The van der Waals surface area contributed by atoms with Crippen molar-refractivity contribution in [1.82, 2.24) is 19.7 Å². The Kier molecular flexibility index (Phi) is 8.06. The fourth-order valence-electron chi connectivity index (χ4n) is 4.87. The van der Waals surface area contributed by atoms with Crippen molar-refractivity contribution in [3.63, 3.8) is 0 Å². The summed E-state index contributed by atoms with van der Waals surface area (Å²) in [6.45, 7) is 1.73. The van der Waals surface area contributed by atoms with E-state index in [9.17, 15) is 18.7 Å². The Balaban J connectivity index is 1.25. The number of aliphatic hydroxyl groups is 1. The molecule has 4 aromatic rings. The molecular formula is C28H26ClF3N6O2. The number of aromatic nitrogens is 3. The number of benzene rings is 3. The van der Waals surface area contributed by atoms with Gasteiger partial charge in [0.2, 0.25) is 0 Å². The Bertz CT molecular complexity index is 1500. The largest absolute Gasteiger partial charge is 0.382 e. The lowest BCUT2D eigenvalue weighted by Gasteiger charge is -2.40. The van der Waals surface area contributed by atoms with Gasteiger partial charge in [-0.25, -0.2) is 22.8 Å². The van der Waals surface area contributed by atoms with Crippen LogP contribution in [0.5, 0.6) is 0 Å². The Labute approximate surface area is 233 Å². The van der Waals surface area contributed by atoms with Crippen LogP contribution in [0.3, 0.4) is 0 Å². The number of halogens is 4. The van der Waals surface area contributed by atoms with Gasteiger partial charge in [0, 0.05) is 50.0 Å². The number of β-amino-alcohol motifs (C(OH)–C–C–N with tert-alkyl or cyclic N) is 1. The van der Waals surface area contributed by atoms with Crippen LogP contribution in [-0.4, -0.2) is 63.4 Å². The molecule has 1 fully saturated rings. The van der Waals surface area contributed by atoms with Gasteiger partial charge in [0.05, 0.1) is 22.8 Å². The minimum atomic E-state index is -1.72. The first-order chi connectivity index (χ1) is 19.2. The van der Waals surface area contributed by atoms with Crippen molar-refractivity contribution in [2.45, 2.75) is 12.1 Å². The first-order valence-electron chi connectivity index (χ1n) is 12.5. The topological polar surface area (TPSA) is 86.5 Å². The van der Waals surface area contributed by atoms with Gasteiger partial charge < -0.3 is 15.3 Å². The minimum absolute atomic E-state index is 0.0404. The molecule has 1 aromatic heterocycles. The zero-order valence-electron chi connectivity index (χ0n) is 21.3. The minimum Gasteiger partial charge on any atom is -0.382 e. The maximum atomic E-state index is 15.1. The van der Waals surface area contributed by atoms with Gasteiger partial charge in [-0.1, -0.05) is 29.8 Å². The van der Waals surface area contributed by atoms with Crippen LogP contribution >= 0.6 is 11.6 Å². The summed E-state index contributed by atoms with van der Waals surface area (Å²) in [6, 6.07) is 14.1. The SMILES string of the molecule is O=C(Nc1ccc(N2CCN(CC(O)(Cn3cncn3)c3ccc(F)cc3F)CC2)c(F)c1)c1ccccc1Cl. The molecule has 1 atom stereocenters. The second kappa shape index (κ2) is 11.7. The molecule has 12 heteroatoms. The highest BCUT2D eigenvalue weighted by atomic mass is 35.5. The van der Waals surface area contributed by atoms with Crippen LogP contribution in [0, 0.1) is 17.5 Å². The average Bonchev–Trinajstić information content (AvgIpc) is 3.42. The maximum absolute atomic E-state index is 15.1. The zero-order valence-corrected chi connectivity index (χ0v) is 22.0. The van der Waals surface area contributed by atoms with Gasteiger partial charge in [0.1, 0.15) is 35.7 Å². The Morgan fingerprint density at radius 1 is 0.975 bits per heavy atom. The number of nitrogens with one attached hydrogen (secondary N) is 1. The third-order valence-corrected chi connectivity index (χ3v) is 7.17. The number of carbonyl (C=O) groups excluding carboxylic acids is 1. The summed E-state index contributed by atoms with van der Waals surface area (Å²) < 4.78 is 44.8. The number of hydrogen-bond acceptors (Lipinski definition) is 6. The van der Waals surface area contributed by atoms with Crippen molar-refractivity contribution in [1.29, 1.82) is 0 Å². The monoisotopic (exact) mass is 570 g/mol. The molecule has 2 N–H and O–H groups in total. The lowest BCUT2D eigenvalue weighted by atomic mass is 9.92. The smallest absolute Gasteiger partial charge is 0.257 e. The van der Waals surface area contributed by atoms with Crippen molar-refractivity contribution < 1.29 is 23.1 Å². The fourth-order valence-corrected chi connectivity index (χ4v) is 5.09. The summed E-state index contributed by atoms with van der Waals surface area (Å²) in [7, 11) is 0. The van der Waals surface area contributed by atoms with E-state index in [0.29, 0.717) is 42.6 Å². The van der Waals surface area contributed by atoms with Gasteiger partial charge in [-0.3, -0.25) is 9.69 Å². The van der Waals surface area contributed by atoms with E-state index in [1.807, 2.05) is 9.80 Å². The second-order valence-electron chi connectivity index (χ2n) is 9.61. The molecule has 0 radical (unpaired) electrons. The molecule has 1 unspecified atom stereocenters. The van der Waals surface area contributed by atoms with Crippen molar-refractivity contribution in [3.05, 3.63) is 107 Å². The average molecular weight is 571 g/mol. The lowest BCUT2D eigenvalue weighted by molar-refractivity contribution is -0.0227. The number of rotatable bonds is 8. The van der Waals surface area contributed by atoms with E-state index >= 15 is 4.39 Å². The molecule has 0 spiro atoms. The van der Waals surface area contributed by atoms with Crippen LogP contribution in [0.4, 0.5) is 24.5 Å². The third-order valence-electron chi connectivity index (χ3n) is 6.84. The maximum Gasteiger partial charge on any atom is 0.257 e. The predicted octanol–water partition coefficient (Wildman–Crippen LogP) is 4.31. The quantitative estimate of drug-likeness (QED) is 0.328. The first kappa shape index (κ1) is 27.6. The predicted molar refractivity (Wildman–Crippen MR) is 145 cm³/mol. The highest BCUT2D eigenvalue weighted by molar-refractivity contribution is 6.34. The molecule has 0 aliphatic carbocycles. The number of hydrogen-bond donors (Lipinski definition) is 2. The summed E-state index contributed by atoms with van der Waals surface area (Å²) >= 11 is 6.08. The highest BCUT2D eigenvalue weighted by Crippen LogP contribution is 2.30. The van der Waals surface area contributed by atoms with Gasteiger partial charge in [0.25, 0.3) is 5.91 Å². The van der Waals surface area contributed by atoms with Crippen LogP contribution in [0.2, 0.25) is 5.02 Å². The number of amides is 1. The van der Waals surface area contributed by atoms with Gasteiger partial charge in [-0.2, -0.15) is 5.10 Å². The zero-order chi connectivity index (χ0) is 28.3. The number of nitrogens with zero attached hydrogens (tertiary/aromatic N) is 5. The van der Waals surface area contributed by atoms with Crippen molar-refractivity contribution in [2.75, 3.05) is 42.9 Å². The molecular weight excluding hydrogens is 545 g/mol. The van der Waals surface area contributed by atoms with E-state index in [1.165, 1.54) is 29.5 Å².